The maximum Gasteiger partial charge on any atom is 0.238 e. The van der Waals surface area contributed by atoms with Gasteiger partial charge in [-0.1, -0.05) is 230 Å². The van der Waals surface area contributed by atoms with Gasteiger partial charge in [-0.2, -0.15) is 19.9 Å². The molecule has 14 aromatic carbocycles. The SMILES string of the molecule is [2H]c1c([2H])c([2H])c(-c2c([2H])c([2H])c([2H])c3oc4c([2H])c(-c5nc(-c6ccccc6)nc(-n6c7c([2H])c([2H])c([2H])c([2H])c7c7c([2H])c8oc9c([2H])c([2H])c([2H])c([2H])c9c8c([2H])c76)n5)c([2H])c([2H])c4c23)c([2H])c1[2H].[2H]c1c([2H])c([2H])c(-c2nc(-c3ccc4c(c3)oc3cccc(-c5c([2H])c([2H])c([2H])c([2H])c5[2H])c34)nc(-n3c4c([2H])c([2H])c([2H])c([2H])c4c4c([2H])c5oc6c([2H])c([2H])c([2H])c([2H])c6c5c([2H])c43)n2)c([2H])c1[2H]. The molecule has 0 fully saturated rings. The first-order chi connectivity index (χ1) is 67.6. The zero-order valence-corrected chi connectivity index (χ0v) is 51.1. The quantitative estimate of drug-likeness (QED) is 0.144. The molecule has 0 radical (unpaired) electrons. The van der Waals surface area contributed by atoms with E-state index in [1.807, 2.05) is 0 Å². The van der Waals surface area contributed by atoms with Crippen molar-refractivity contribution < 1.29 is 73.9 Å². The van der Waals surface area contributed by atoms with Crippen LogP contribution in [0.3, 0.4) is 0 Å². The van der Waals surface area contributed by atoms with E-state index in [0.717, 1.165) is 9.13 Å². The van der Waals surface area contributed by atoms with Crippen molar-refractivity contribution >= 4 is 131 Å². The molecule has 0 saturated heterocycles. The van der Waals surface area contributed by atoms with Crippen LogP contribution in [0.1, 0.15) is 56.2 Å². The molecule has 12 heteroatoms. The highest BCUT2D eigenvalue weighted by atomic mass is 16.3. The number of furan rings is 4. The van der Waals surface area contributed by atoms with Gasteiger partial charge >= 0.3 is 0 Å². The Bertz CT molecular complexity index is 9690. The van der Waals surface area contributed by atoms with Gasteiger partial charge in [-0.15, -0.1) is 0 Å². The molecule has 8 heterocycles. The molecule has 0 aliphatic heterocycles. The molecular formula is C90H52N8O4. The van der Waals surface area contributed by atoms with Crippen LogP contribution in [0.2, 0.25) is 0 Å². The van der Waals surface area contributed by atoms with E-state index in [4.69, 9.17) is 71.5 Å². The molecule has 0 N–H and O–H groups in total. The van der Waals surface area contributed by atoms with Crippen LogP contribution in [0.4, 0.5) is 0 Å². The Balaban J connectivity index is 0.000000169. The number of para-hydroxylation sites is 4. The van der Waals surface area contributed by atoms with Gasteiger partial charge in [-0.3, -0.25) is 9.13 Å². The summed E-state index contributed by atoms with van der Waals surface area (Å²) in [6.07, 6.45) is 0. The predicted octanol–water partition coefficient (Wildman–Crippen LogP) is 23.5. The Hall–Kier alpha value is -14.1. The van der Waals surface area contributed by atoms with Gasteiger partial charge in [-0.25, -0.2) is 9.97 Å². The number of nitrogens with zero attached hydrogens (tertiary/aromatic N) is 8. The van der Waals surface area contributed by atoms with Crippen molar-refractivity contribution in [1.29, 1.82) is 0 Å². The van der Waals surface area contributed by atoms with E-state index < -0.39 is 305 Å². The van der Waals surface area contributed by atoms with Gasteiger partial charge in [0.15, 0.2) is 23.3 Å². The zero-order valence-electron chi connectivity index (χ0n) is 92.1. The Kier molecular flexibility index (Phi) is 6.68. The monoisotopic (exact) mass is 1350 g/mol. The summed E-state index contributed by atoms with van der Waals surface area (Å²) in [4.78, 5) is 27.9. The number of benzene rings is 14. The average molecular weight is 1350 g/mol. The van der Waals surface area contributed by atoms with Crippen molar-refractivity contribution in [3.8, 4) is 79.7 Å². The van der Waals surface area contributed by atoms with Crippen molar-refractivity contribution in [2.45, 2.75) is 0 Å². The second-order valence-electron chi connectivity index (χ2n) is 22.5. The minimum absolute atomic E-state index is 0.0754. The lowest BCUT2D eigenvalue weighted by Gasteiger charge is -2.11. The number of hydrogen-bond acceptors (Lipinski definition) is 10. The average Bonchev–Trinajstić information content (AvgIpc) is 1.53. The molecule has 476 valence electrons. The van der Waals surface area contributed by atoms with Crippen LogP contribution >= 0.6 is 0 Å². The molecule has 22 rings (SSSR count). The maximum atomic E-state index is 9.76. The third-order valence-corrected chi connectivity index (χ3v) is 16.8. The third kappa shape index (κ3) is 9.17. The van der Waals surface area contributed by atoms with Gasteiger partial charge in [0.25, 0.3) is 0 Å². The second kappa shape index (κ2) is 22.7. The van der Waals surface area contributed by atoms with E-state index >= 15 is 0 Å². The van der Waals surface area contributed by atoms with Crippen LogP contribution in [0, 0.1) is 0 Å². The summed E-state index contributed by atoms with van der Waals surface area (Å²) in [5.41, 5.74) is -5.03. The van der Waals surface area contributed by atoms with Crippen LogP contribution in [-0.4, -0.2) is 39.0 Å². The summed E-state index contributed by atoms with van der Waals surface area (Å²) in [6.45, 7) is 0. The molecule has 102 heavy (non-hydrogen) atoms. The van der Waals surface area contributed by atoms with Crippen molar-refractivity contribution in [2.24, 2.45) is 0 Å². The molecule has 0 atom stereocenters. The Labute approximate surface area is 637 Å². The first-order valence-corrected chi connectivity index (χ1v) is 30.6. The fraction of sp³-hybridized carbons (Fsp3) is 0. The molecule has 0 aliphatic carbocycles. The topological polar surface area (TPSA) is 140 Å². The Morgan fingerprint density at radius 1 is 0.235 bits per heavy atom. The van der Waals surface area contributed by atoms with Crippen molar-refractivity contribution in [1.82, 2.24) is 39.0 Å². The van der Waals surface area contributed by atoms with Crippen LogP contribution in [0.5, 0.6) is 0 Å². The molecule has 22 aromatic rings. The highest BCUT2D eigenvalue weighted by Crippen LogP contribution is 2.44. The number of hydrogen-bond donors (Lipinski definition) is 0. The number of rotatable bonds is 8. The molecular weight excluding hydrogens is 1260 g/mol. The Morgan fingerprint density at radius 2 is 0.716 bits per heavy atom. The normalized spacial score (nSPS) is 17.5. The first-order valence-electron chi connectivity index (χ1n) is 51.1. The van der Waals surface area contributed by atoms with E-state index in [0.29, 0.717) is 16.3 Å². The molecule has 0 amide bonds. The van der Waals surface area contributed by atoms with Gasteiger partial charge in [-0.05, 0) is 107 Å². The zero-order chi connectivity index (χ0) is 103. The number of aromatic nitrogens is 8. The van der Waals surface area contributed by atoms with Crippen molar-refractivity contribution in [3.05, 3.63) is 314 Å². The summed E-state index contributed by atoms with van der Waals surface area (Å²) in [5, 5.41) is -2.21. The maximum absolute atomic E-state index is 9.76. The molecule has 0 unspecified atom stereocenters. The van der Waals surface area contributed by atoms with Crippen LogP contribution in [0.25, 0.3) is 211 Å². The summed E-state index contributed by atoms with van der Waals surface area (Å²) in [6, 6.07) is -10.0. The summed E-state index contributed by atoms with van der Waals surface area (Å²) in [5.74, 6) is -2.58. The van der Waals surface area contributed by atoms with Gasteiger partial charge < -0.3 is 17.7 Å². The van der Waals surface area contributed by atoms with Crippen LogP contribution < -0.4 is 0 Å². The van der Waals surface area contributed by atoms with E-state index in [1.165, 1.54) is 12.1 Å². The highest BCUT2D eigenvalue weighted by molar-refractivity contribution is 6.19. The minimum Gasteiger partial charge on any atom is -0.456 e. The summed E-state index contributed by atoms with van der Waals surface area (Å²) in [7, 11) is 0. The molecule has 0 saturated carbocycles. The number of fused-ring (bicyclic) bond motifs is 18. The molecule has 8 aromatic heterocycles. The van der Waals surface area contributed by atoms with E-state index in [1.54, 1.807) is 54.6 Å². The van der Waals surface area contributed by atoms with Gasteiger partial charge in [0.1, 0.15) is 44.7 Å². The van der Waals surface area contributed by atoms with Gasteiger partial charge in [0.2, 0.25) is 11.9 Å². The molecule has 0 bridgehead atoms. The van der Waals surface area contributed by atoms with Crippen molar-refractivity contribution in [3.63, 3.8) is 0 Å². The Morgan fingerprint density at radius 3 is 1.33 bits per heavy atom. The summed E-state index contributed by atoms with van der Waals surface area (Å²) < 4.78 is 387. The van der Waals surface area contributed by atoms with Crippen molar-refractivity contribution in [2.75, 3.05) is 0 Å². The predicted molar refractivity (Wildman–Crippen MR) is 410 cm³/mol. The third-order valence-electron chi connectivity index (χ3n) is 16.8. The molecule has 0 aliphatic rings. The van der Waals surface area contributed by atoms with E-state index in [-0.39, 0.29) is 138 Å². The van der Waals surface area contributed by atoms with Crippen LogP contribution in [0.15, 0.2) is 332 Å². The highest BCUT2D eigenvalue weighted by Gasteiger charge is 2.25. The summed E-state index contributed by atoms with van der Waals surface area (Å²) >= 11 is 0. The minimum atomic E-state index is -0.783. The largest absolute Gasteiger partial charge is 0.456 e. The van der Waals surface area contributed by atoms with Crippen LogP contribution in [-0.2, 0) is 0 Å². The first kappa shape index (κ1) is 29.9. The fourth-order valence-corrected chi connectivity index (χ4v) is 12.4. The fourth-order valence-electron chi connectivity index (χ4n) is 12.4. The smallest absolute Gasteiger partial charge is 0.238 e. The molecule has 12 nitrogen and oxygen atoms in total. The van der Waals surface area contributed by atoms with E-state index in [2.05, 4.69) is 19.9 Å². The second-order valence-corrected chi connectivity index (χ2v) is 22.5. The molecule has 0 spiro atoms. The lowest BCUT2D eigenvalue weighted by molar-refractivity contribution is 0.668. The lowest BCUT2D eigenvalue weighted by atomic mass is 9.99. The lowest BCUT2D eigenvalue weighted by Crippen LogP contribution is -2.06. The van der Waals surface area contributed by atoms with Gasteiger partial charge in [0.05, 0.1) is 78.3 Å². The van der Waals surface area contributed by atoms with E-state index in [9.17, 15) is 12.3 Å². The van der Waals surface area contributed by atoms with Gasteiger partial charge in [0, 0.05) is 86.9 Å². The standard InChI is InChI=1S/2C45H26N4O2/c2*1-3-12-27(13-4-1)30-18-11-21-39-42(30)33-23-22-29(24-40(33)51-39)44-46-43(28-14-5-2-6-15-28)47-45(48-44)49-36-19-9-7-16-31(36)34-26-41-35(25-37(34)49)32-17-8-10-20-38(32)50-41/h2*1-26H/i1D,3D,4D,7D,8D,9D,10D,11D,12D,13D,16D,17D,18D,19D,20D,21D,22D,23D,24D,25D,26D;1D,2D,3D,4D,5D,6D,7D,8D,9D,10D,12D,13D,14D,15D,16D,17D,19D,20D,25D,26D.